The van der Waals surface area contributed by atoms with Gasteiger partial charge in [-0.15, -0.1) is 0 Å². The second-order valence-electron chi connectivity index (χ2n) is 6.86. The number of hydrogen-bond acceptors (Lipinski definition) is 4. The van der Waals surface area contributed by atoms with E-state index in [0.29, 0.717) is 52.4 Å². The molecule has 8 nitrogen and oxygen atoms in total. The summed E-state index contributed by atoms with van der Waals surface area (Å²) >= 11 is 0. The van der Waals surface area contributed by atoms with E-state index in [2.05, 4.69) is 0 Å². The van der Waals surface area contributed by atoms with Gasteiger partial charge in [0.1, 0.15) is 5.41 Å². The molecule has 0 spiro atoms. The molecule has 0 N–H and O–H groups in total. The second-order valence-corrected chi connectivity index (χ2v) is 6.86. The van der Waals surface area contributed by atoms with Gasteiger partial charge >= 0.3 is 0 Å². The van der Waals surface area contributed by atoms with Crippen molar-refractivity contribution in [2.24, 2.45) is 5.41 Å². The molecular formula is C16H26N4O4. The van der Waals surface area contributed by atoms with Crippen molar-refractivity contribution in [1.29, 1.82) is 0 Å². The summed E-state index contributed by atoms with van der Waals surface area (Å²) in [5, 5.41) is 0. The van der Waals surface area contributed by atoms with Crippen molar-refractivity contribution in [1.82, 2.24) is 19.6 Å². The zero-order valence-electron chi connectivity index (χ0n) is 14.7. The summed E-state index contributed by atoms with van der Waals surface area (Å²) in [7, 11) is 0. The van der Waals surface area contributed by atoms with Crippen LogP contribution in [0.2, 0.25) is 0 Å². The van der Waals surface area contributed by atoms with Gasteiger partial charge in [-0.3, -0.25) is 19.2 Å². The lowest BCUT2D eigenvalue weighted by atomic mass is 9.89. The molecule has 2 saturated heterocycles. The van der Waals surface area contributed by atoms with Crippen molar-refractivity contribution >= 4 is 24.1 Å². The van der Waals surface area contributed by atoms with E-state index >= 15 is 0 Å². The van der Waals surface area contributed by atoms with Crippen LogP contribution in [0.15, 0.2) is 0 Å². The van der Waals surface area contributed by atoms with Gasteiger partial charge in [0.25, 0.3) is 0 Å². The van der Waals surface area contributed by atoms with Crippen molar-refractivity contribution in [3.63, 3.8) is 0 Å². The molecule has 0 aromatic carbocycles. The zero-order valence-corrected chi connectivity index (χ0v) is 14.7. The van der Waals surface area contributed by atoms with E-state index in [1.165, 1.54) is 6.92 Å². The molecule has 2 aliphatic rings. The minimum Gasteiger partial charge on any atom is -0.342 e. The van der Waals surface area contributed by atoms with Crippen molar-refractivity contribution in [3.8, 4) is 0 Å². The Morgan fingerprint density at radius 2 is 1.12 bits per heavy atom. The van der Waals surface area contributed by atoms with Gasteiger partial charge in [0.15, 0.2) is 0 Å². The first-order valence-corrected chi connectivity index (χ1v) is 8.31. The van der Waals surface area contributed by atoms with Gasteiger partial charge in [0.05, 0.1) is 0 Å². The highest BCUT2D eigenvalue weighted by molar-refractivity contribution is 6.04. The molecule has 2 aliphatic heterocycles. The number of carbonyl (C=O) groups is 4. The van der Waals surface area contributed by atoms with E-state index in [9.17, 15) is 19.2 Å². The summed E-state index contributed by atoms with van der Waals surface area (Å²) in [5.41, 5.74) is -1.14. The first-order chi connectivity index (χ1) is 11.3. The van der Waals surface area contributed by atoms with E-state index in [4.69, 9.17) is 0 Å². The predicted molar refractivity (Wildman–Crippen MR) is 86.8 cm³/mol. The van der Waals surface area contributed by atoms with Crippen molar-refractivity contribution in [2.45, 2.75) is 20.8 Å². The molecule has 2 fully saturated rings. The smallest absolute Gasteiger partial charge is 0.237 e. The highest BCUT2D eigenvalue weighted by Gasteiger charge is 2.43. The maximum absolute atomic E-state index is 12.8. The molecule has 0 aromatic rings. The maximum Gasteiger partial charge on any atom is 0.237 e. The summed E-state index contributed by atoms with van der Waals surface area (Å²) in [6.07, 6.45) is 0.784. The predicted octanol–water partition coefficient (Wildman–Crippen LogP) is -0.996. The van der Waals surface area contributed by atoms with Crippen LogP contribution in [0.25, 0.3) is 0 Å². The lowest BCUT2D eigenvalue weighted by Gasteiger charge is -2.40. The molecule has 24 heavy (non-hydrogen) atoms. The molecule has 0 aromatic heterocycles. The fourth-order valence-corrected chi connectivity index (χ4v) is 3.14. The Morgan fingerprint density at radius 1 is 0.750 bits per heavy atom. The zero-order chi connectivity index (χ0) is 17.9. The number of hydrogen-bond donors (Lipinski definition) is 0. The first-order valence-electron chi connectivity index (χ1n) is 8.31. The number of rotatable bonds is 3. The molecular weight excluding hydrogens is 312 g/mol. The molecule has 0 saturated carbocycles. The Hall–Kier alpha value is -2.12. The van der Waals surface area contributed by atoms with Gasteiger partial charge in [-0.2, -0.15) is 0 Å². The van der Waals surface area contributed by atoms with Crippen LogP contribution in [-0.2, 0) is 19.2 Å². The summed E-state index contributed by atoms with van der Waals surface area (Å²) in [5.74, 6) is -0.397. The van der Waals surface area contributed by atoms with E-state index < -0.39 is 5.41 Å². The van der Waals surface area contributed by atoms with Gasteiger partial charge < -0.3 is 19.6 Å². The standard InChI is InChI=1S/C16H26N4O4/c1-13(22)18-8-10-20(11-9-18)15(24)16(2,3)14(23)19-6-4-17(12-21)5-7-19/h12H,4-11H2,1-3H3. The van der Waals surface area contributed by atoms with Crippen LogP contribution < -0.4 is 0 Å². The van der Waals surface area contributed by atoms with Crippen LogP contribution in [0.3, 0.4) is 0 Å². The molecule has 2 rings (SSSR count). The van der Waals surface area contributed by atoms with Gasteiger partial charge in [-0.1, -0.05) is 0 Å². The molecule has 0 atom stereocenters. The average Bonchev–Trinajstić information content (AvgIpc) is 2.60. The highest BCUT2D eigenvalue weighted by Crippen LogP contribution is 2.24. The Bertz CT molecular complexity index is 518. The Morgan fingerprint density at radius 3 is 1.50 bits per heavy atom. The minimum atomic E-state index is -1.14. The summed E-state index contributed by atoms with van der Waals surface area (Å²) < 4.78 is 0. The molecule has 8 heteroatoms. The topological polar surface area (TPSA) is 81.2 Å². The quantitative estimate of drug-likeness (QED) is 0.488. The minimum absolute atomic E-state index is 0.00508. The fraction of sp³-hybridized carbons (Fsp3) is 0.750. The summed E-state index contributed by atoms with van der Waals surface area (Å²) in [6, 6.07) is 0. The third-order valence-corrected chi connectivity index (χ3v) is 4.83. The number of piperazine rings is 2. The lowest BCUT2D eigenvalue weighted by molar-refractivity contribution is -0.157. The normalized spacial score (nSPS) is 19.3. The van der Waals surface area contributed by atoms with Crippen LogP contribution in [0.1, 0.15) is 20.8 Å². The molecule has 0 aliphatic carbocycles. The third kappa shape index (κ3) is 3.68. The van der Waals surface area contributed by atoms with Gasteiger partial charge in [-0.05, 0) is 13.8 Å². The molecule has 134 valence electrons. The summed E-state index contributed by atoms with van der Waals surface area (Å²) in [4.78, 5) is 54.4. The maximum atomic E-state index is 12.8. The third-order valence-electron chi connectivity index (χ3n) is 4.83. The van der Waals surface area contributed by atoms with Crippen LogP contribution in [0, 0.1) is 5.41 Å². The fourth-order valence-electron chi connectivity index (χ4n) is 3.14. The highest BCUT2D eigenvalue weighted by atomic mass is 16.2. The molecule has 2 heterocycles. The van der Waals surface area contributed by atoms with Crippen LogP contribution in [0.4, 0.5) is 0 Å². The van der Waals surface area contributed by atoms with E-state index in [0.717, 1.165) is 6.41 Å². The van der Waals surface area contributed by atoms with Gasteiger partial charge in [0, 0.05) is 59.3 Å². The van der Waals surface area contributed by atoms with Crippen molar-refractivity contribution in [2.75, 3.05) is 52.4 Å². The molecule has 0 radical (unpaired) electrons. The van der Waals surface area contributed by atoms with Crippen LogP contribution in [-0.4, -0.2) is 96.1 Å². The van der Waals surface area contributed by atoms with E-state index in [-0.39, 0.29) is 17.7 Å². The van der Waals surface area contributed by atoms with Crippen molar-refractivity contribution in [3.05, 3.63) is 0 Å². The number of amides is 4. The van der Waals surface area contributed by atoms with Crippen LogP contribution in [0.5, 0.6) is 0 Å². The number of nitrogens with zero attached hydrogens (tertiary/aromatic N) is 4. The largest absolute Gasteiger partial charge is 0.342 e. The Balaban J connectivity index is 1.96. The van der Waals surface area contributed by atoms with Crippen LogP contribution >= 0.6 is 0 Å². The monoisotopic (exact) mass is 338 g/mol. The average molecular weight is 338 g/mol. The SMILES string of the molecule is CC(=O)N1CCN(C(=O)C(C)(C)C(=O)N2CCN(C=O)CC2)CC1. The van der Waals surface area contributed by atoms with E-state index in [1.54, 1.807) is 33.4 Å². The lowest BCUT2D eigenvalue weighted by Crippen LogP contribution is -2.58. The van der Waals surface area contributed by atoms with Gasteiger partial charge in [-0.25, -0.2) is 0 Å². The molecule has 4 amide bonds. The Kier molecular flexibility index (Phi) is 5.46. The molecule has 0 bridgehead atoms. The second kappa shape index (κ2) is 7.19. The van der Waals surface area contributed by atoms with E-state index in [1.807, 2.05) is 0 Å². The van der Waals surface area contributed by atoms with Gasteiger partial charge in [0.2, 0.25) is 24.1 Å². The summed E-state index contributed by atoms with van der Waals surface area (Å²) in [6.45, 7) is 8.63. The Labute approximate surface area is 142 Å². The number of carbonyl (C=O) groups excluding carboxylic acids is 4. The molecule has 0 unspecified atom stereocenters. The van der Waals surface area contributed by atoms with Crippen molar-refractivity contribution < 1.29 is 19.2 Å². The first kappa shape index (κ1) is 18.2.